The number of nitrogens with two attached hydrogens (primary N) is 1. The van der Waals surface area contributed by atoms with E-state index >= 15 is 0 Å². The van der Waals surface area contributed by atoms with Crippen LogP contribution < -0.4 is 11.1 Å². The van der Waals surface area contributed by atoms with E-state index in [2.05, 4.69) is 23.2 Å². The lowest BCUT2D eigenvalue weighted by Gasteiger charge is -2.29. The number of benzene rings is 1. The number of imide groups is 1. The number of piperidine rings is 1. The second kappa shape index (κ2) is 6.48. The summed E-state index contributed by atoms with van der Waals surface area (Å²) in [5.41, 5.74) is 8.74. The van der Waals surface area contributed by atoms with Crippen LogP contribution >= 0.6 is 0 Å². The van der Waals surface area contributed by atoms with Crippen LogP contribution in [0.15, 0.2) is 18.2 Å². The Morgan fingerprint density at radius 2 is 2.08 bits per heavy atom. The molecule has 3 heterocycles. The van der Waals surface area contributed by atoms with E-state index in [0.717, 1.165) is 30.6 Å². The van der Waals surface area contributed by atoms with Gasteiger partial charge in [0.15, 0.2) is 0 Å². The standard InChI is InChI=1S/C19H24N4O3/c1-11-6-14(20)10-22(11)8-12-2-3-13-9-23(19(26)15(13)7-12)16-4-5-17(24)21-18(16)25/h2-3,7,11,14,16H,4-6,8-10,20H2,1H3,(H,21,24,25). The summed E-state index contributed by atoms with van der Waals surface area (Å²) >= 11 is 0. The van der Waals surface area contributed by atoms with Gasteiger partial charge in [-0.3, -0.25) is 24.6 Å². The van der Waals surface area contributed by atoms with Gasteiger partial charge in [-0.1, -0.05) is 12.1 Å². The maximum atomic E-state index is 12.9. The van der Waals surface area contributed by atoms with Crippen molar-refractivity contribution in [1.82, 2.24) is 15.1 Å². The van der Waals surface area contributed by atoms with Crippen LogP contribution in [0.1, 0.15) is 47.7 Å². The van der Waals surface area contributed by atoms with Gasteiger partial charge >= 0.3 is 0 Å². The van der Waals surface area contributed by atoms with Crippen molar-refractivity contribution in [2.24, 2.45) is 5.73 Å². The van der Waals surface area contributed by atoms with Crippen molar-refractivity contribution in [3.8, 4) is 0 Å². The fourth-order valence-corrected chi connectivity index (χ4v) is 4.30. The maximum absolute atomic E-state index is 12.9. The van der Waals surface area contributed by atoms with Crippen LogP contribution in [-0.4, -0.2) is 52.2 Å². The summed E-state index contributed by atoms with van der Waals surface area (Å²) in [5.74, 6) is -0.763. The smallest absolute Gasteiger partial charge is 0.255 e. The first-order valence-corrected chi connectivity index (χ1v) is 9.18. The molecule has 2 fully saturated rings. The molecule has 1 aromatic carbocycles. The summed E-state index contributed by atoms with van der Waals surface area (Å²) in [5, 5.41) is 2.33. The summed E-state index contributed by atoms with van der Waals surface area (Å²) in [6, 6.07) is 6.07. The molecule has 7 nitrogen and oxygen atoms in total. The Morgan fingerprint density at radius 3 is 2.77 bits per heavy atom. The molecular formula is C19H24N4O3. The minimum Gasteiger partial charge on any atom is -0.326 e. The zero-order valence-corrected chi connectivity index (χ0v) is 14.9. The number of hydrogen-bond acceptors (Lipinski definition) is 5. The molecule has 138 valence electrons. The van der Waals surface area contributed by atoms with Crippen LogP contribution in [0.2, 0.25) is 0 Å². The van der Waals surface area contributed by atoms with Crippen molar-refractivity contribution in [2.75, 3.05) is 6.54 Å². The summed E-state index contributed by atoms with van der Waals surface area (Å²) in [4.78, 5) is 40.2. The van der Waals surface area contributed by atoms with Crippen LogP contribution in [0.25, 0.3) is 0 Å². The van der Waals surface area contributed by atoms with E-state index in [0.29, 0.717) is 24.6 Å². The van der Waals surface area contributed by atoms with Crippen LogP contribution in [0, 0.1) is 0 Å². The lowest BCUT2D eigenvalue weighted by atomic mass is 10.0. The van der Waals surface area contributed by atoms with Gasteiger partial charge in [-0.05, 0) is 37.0 Å². The molecule has 3 aliphatic heterocycles. The molecule has 26 heavy (non-hydrogen) atoms. The van der Waals surface area contributed by atoms with E-state index in [4.69, 9.17) is 5.73 Å². The largest absolute Gasteiger partial charge is 0.326 e. The van der Waals surface area contributed by atoms with Crippen molar-refractivity contribution in [3.63, 3.8) is 0 Å². The van der Waals surface area contributed by atoms with E-state index in [1.54, 1.807) is 4.90 Å². The normalized spacial score (nSPS) is 29.2. The predicted molar refractivity (Wildman–Crippen MR) is 95.0 cm³/mol. The molecular weight excluding hydrogens is 332 g/mol. The molecule has 4 rings (SSSR count). The van der Waals surface area contributed by atoms with Crippen molar-refractivity contribution in [1.29, 1.82) is 0 Å². The third-order valence-corrected chi connectivity index (χ3v) is 5.71. The van der Waals surface area contributed by atoms with E-state index < -0.39 is 6.04 Å². The molecule has 3 N–H and O–H groups in total. The lowest BCUT2D eigenvalue weighted by Crippen LogP contribution is -2.52. The molecule has 3 amide bonds. The molecule has 3 aliphatic rings. The van der Waals surface area contributed by atoms with Gasteiger partial charge in [-0.25, -0.2) is 0 Å². The van der Waals surface area contributed by atoms with E-state index in [1.807, 2.05) is 12.1 Å². The number of fused-ring (bicyclic) bond motifs is 1. The molecule has 0 radical (unpaired) electrons. The maximum Gasteiger partial charge on any atom is 0.255 e. The lowest BCUT2D eigenvalue weighted by molar-refractivity contribution is -0.136. The quantitative estimate of drug-likeness (QED) is 0.763. The second-order valence-corrected chi connectivity index (χ2v) is 7.67. The first kappa shape index (κ1) is 17.2. The Labute approximate surface area is 152 Å². The van der Waals surface area contributed by atoms with Crippen molar-refractivity contribution >= 4 is 17.7 Å². The number of likely N-dealkylation sites (tertiary alicyclic amines) is 1. The van der Waals surface area contributed by atoms with Gasteiger partial charge in [0.25, 0.3) is 5.91 Å². The molecule has 0 saturated carbocycles. The van der Waals surface area contributed by atoms with Gasteiger partial charge in [0.2, 0.25) is 11.8 Å². The Hall–Kier alpha value is -2.25. The summed E-state index contributed by atoms with van der Waals surface area (Å²) in [6.45, 7) is 4.24. The number of carbonyl (C=O) groups excluding carboxylic acids is 3. The minimum atomic E-state index is -0.562. The zero-order chi connectivity index (χ0) is 18.4. The van der Waals surface area contributed by atoms with Gasteiger partial charge in [0, 0.05) is 43.7 Å². The number of hydrogen-bond donors (Lipinski definition) is 2. The highest BCUT2D eigenvalue weighted by atomic mass is 16.2. The Kier molecular flexibility index (Phi) is 4.28. The third-order valence-electron chi connectivity index (χ3n) is 5.71. The highest BCUT2D eigenvalue weighted by molar-refractivity contribution is 6.05. The van der Waals surface area contributed by atoms with Crippen LogP contribution in [0.3, 0.4) is 0 Å². The first-order chi connectivity index (χ1) is 12.4. The van der Waals surface area contributed by atoms with Crippen molar-refractivity contribution < 1.29 is 14.4 Å². The van der Waals surface area contributed by atoms with E-state index in [-0.39, 0.29) is 30.2 Å². The minimum absolute atomic E-state index is 0.123. The Morgan fingerprint density at radius 1 is 1.27 bits per heavy atom. The van der Waals surface area contributed by atoms with Crippen molar-refractivity contribution in [2.45, 2.75) is 57.4 Å². The highest BCUT2D eigenvalue weighted by Gasteiger charge is 2.39. The van der Waals surface area contributed by atoms with E-state index in [9.17, 15) is 14.4 Å². The zero-order valence-electron chi connectivity index (χ0n) is 14.9. The molecule has 2 saturated heterocycles. The molecule has 0 bridgehead atoms. The highest BCUT2D eigenvalue weighted by Crippen LogP contribution is 2.29. The molecule has 3 unspecified atom stereocenters. The fourth-order valence-electron chi connectivity index (χ4n) is 4.30. The molecule has 0 spiro atoms. The average molecular weight is 356 g/mol. The Bertz CT molecular complexity index is 778. The number of nitrogens with zero attached hydrogens (tertiary/aromatic N) is 2. The average Bonchev–Trinajstić information content (AvgIpc) is 3.07. The predicted octanol–water partition coefficient (Wildman–Crippen LogP) is 0.369. The van der Waals surface area contributed by atoms with E-state index in [1.165, 1.54) is 0 Å². The summed E-state index contributed by atoms with van der Waals surface area (Å²) in [6.07, 6.45) is 1.66. The van der Waals surface area contributed by atoms with Crippen LogP contribution in [-0.2, 0) is 22.7 Å². The number of nitrogens with one attached hydrogen (secondary N) is 1. The van der Waals surface area contributed by atoms with Gasteiger partial charge in [0.05, 0.1) is 0 Å². The topological polar surface area (TPSA) is 95.7 Å². The van der Waals surface area contributed by atoms with Gasteiger partial charge in [-0.2, -0.15) is 0 Å². The number of carbonyl (C=O) groups is 3. The summed E-state index contributed by atoms with van der Waals surface area (Å²) in [7, 11) is 0. The Balaban J connectivity index is 1.50. The number of amides is 3. The first-order valence-electron chi connectivity index (χ1n) is 9.18. The van der Waals surface area contributed by atoms with Gasteiger partial charge < -0.3 is 10.6 Å². The molecule has 7 heteroatoms. The van der Waals surface area contributed by atoms with Crippen LogP contribution in [0.4, 0.5) is 0 Å². The third kappa shape index (κ3) is 3.01. The van der Waals surface area contributed by atoms with Gasteiger partial charge in [0.1, 0.15) is 6.04 Å². The SMILES string of the molecule is CC1CC(N)CN1Cc1ccc2c(c1)C(=O)N(C1CCC(=O)NC1=O)C2. The van der Waals surface area contributed by atoms with Crippen molar-refractivity contribution in [3.05, 3.63) is 34.9 Å². The monoisotopic (exact) mass is 356 g/mol. The van der Waals surface area contributed by atoms with Gasteiger partial charge in [-0.15, -0.1) is 0 Å². The summed E-state index contributed by atoms with van der Waals surface area (Å²) < 4.78 is 0. The molecule has 0 aromatic heterocycles. The molecule has 1 aromatic rings. The molecule has 3 atom stereocenters. The fraction of sp³-hybridized carbons (Fsp3) is 0.526. The second-order valence-electron chi connectivity index (χ2n) is 7.67. The number of rotatable bonds is 3. The van der Waals surface area contributed by atoms with Crippen LogP contribution in [0.5, 0.6) is 0 Å². The molecule has 0 aliphatic carbocycles.